The SMILES string of the molecule is CC(C)c1ccc(C(=O)COC(=O)CCn2cnc3sccc3c2=O)cc1. The van der Waals surface area contributed by atoms with Crippen LogP contribution in [-0.2, 0) is 16.1 Å². The standard InChI is InChI=1S/C20H20N2O4S/c1-13(2)14-3-5-15(6-4-14)17(23)11-26-18(24)7-9-22-12-21-19-16(20(22)25)8-10-27-19/h3-6,8,10,12-13H,7,9,11H2,1-2H3. The van der Waals surface area contributed by atoms with E-state index < -0.39 is 5.97 Å². The van der Waals surface area contributed by atoms with Crippen molar-refractivity contribution in [3.63, 3.8) is 0 Å². The molecular weight excluding hydrogens is 364 g/mol. The van der Waals surface area contributed by atoms with E-state index in [-0.39, 0.29) is 30.9 Å². The normalized spacial score (nSPS) is 11.1. The van der Waals surface area contributed by atoms with E-state index in [1.165, 1.54) is 22.2 Å². The van der Waals surface area contributed by atoms with Gasteiger partial charge in [-0.05, 0) is 22.9 Å². The first kappa shape index (κ1) is 19.0. The van der Waals surface area contributed by atoms with Crippen LogP contribution >= 0.6 is 11.3 Å². The lowest BCUT2D eigenvalue weighted by molar-refractivity contribution is -0.142. The Bertz CT molecular complexity index is 1020. The molecule has 0 saturated heterocycles. The van der Waals surface area contributed by atoms with Crippen LogP contribution in [0.4, 0.5) is 0 Å². The highest BCUT2D eigenvalue weighted by Gasteiger charge is 2.12. The summed E-state index contributed by atoms with van der Waals surface area (Å²) >= 11 is 1.39. The molecule has 3 aromatic rings. The van der Waals surface area contributed by atoms with Crippen LogP contribution in [-0.4, -0.2) is 27.9 Å². The third kappa shape index (κ3) is 4.49. The number of Topliss-reactive ketones (excluding diaryl/α,β-unsaturated/α-hetero) is 1. The second-order valence-corrected chi connectivity index (χ2v) is 7.39. The number of esters is 1. The first-order valence-corrected chi connectivity index (χ1v) is 9.55. The molecule has 0 unspecified atom stereocenters. The molecule has 0 spiro atoms. The van der Waals surface area contributed by atoms with E-state index in [1.54, 1.807) is 23.6 Å². The average Bonchev–Trinajstić information content (AvgIpc) is 3.15. The second-order valence-electron chi connectivity index (χ2n) is 6.49. The molecule has 0 aliphatic carbocycles. The zero-order valence-corrected chi connectivity index (χ0v) is 16.0. The first-order chi connectivity index (χ1) is 13.0. The van der Waals surface area contributed by atoms with Crippen molar-refractivity contribution >= 4 is 33.3 Å². The minimum atomic E-state index is -0.528. The first-order valence-electron chi connectivity index (χ1n) is 8.67. The molecule has 0 atom stereocenters. The van der Waals surface area contributed by atoms with Gasteiger partial charge >= 0.3 is 5.97 Å². The van der Waals surface area contributed by atoms with Crippen LogP contribution in [0.2, 0.25) is 0 Å². The van der Waals surface area contributed by atoms with E-state index >= 15 is 0 Å². The van der Waals surface area contributed by atoms with Crippen LogP contribution in [0.1, 0.15) is 42.1 Å². The number of nitrogens with zero attached hydrogens (tertiary/aromatic N) is 2. The summed E-state index contributed by atoms with van der Waals surface area (Å²) in [6.45, 7) is 4.01. The van der Waals surface area contributed by atoms with E-state index in [2.05, 4.69) is 18.8 Å². The number of thiophene rings is 1. The largest absolute Gasteiger partial charge is 0.457 e. The van der Waals surface area contributed by atoms with Gasteiger partial charge in [-0.25, -0.2) is 4.98 Å². The number of rotatable bonds is 7. The molecule has 0 bridgehead atoms. The van der Waals surface area contributed by atoms with Crippen LogP contribution in [0.3, 0.4) is 0 Å². The summed E-state index contributed by atoms with van der Waals surface area (Å²) in [4.78, 5) is 41.2. The highest BCUT2D eigenvalue weighted by atomic mass is 32.1. The van der Waals surface area contributed by atoms with Gasteiger partial charge in [-0.2, -0.15) is 0 Å². The van der Waals surface area contributed by atoms with Gasteiger partial charge in [-0.1, -0.05) is 38.1 Å². The Morgan fingerprint density at radius 3 is 2.63 bits per heavy atom. The third-order valence-corrected chi connectivity index (χ3v) is 5.09. The van der Waals surface area contributed by atoms with Gasteiger partial charge in [-0.15, -0.1) is 11.3 Å². The van der Waals surface area contributed by atoms with E-state index in [0.29, 0.717) is 21.7 Å². The molecule has 1 aromatic carbocycles. The van der Waals surface area contributed by atoms with Crippen molar-refractivity contribution in [2.24, 2.45) is 0 Å². The molecule has 2 aromatic heterocycles. The van der Waals surface area contributed by atoms with Crippen molar-refractivity contribution in [2.45, 2.75) is 32.7 Å². The topological polar surface area (TPSA) is 78.3 Å². The monoisotopic (exact) mass is 384 g/mol. The van der Waals surface area contributed by atoms with Crippen LogP contribution < -0.4 is 5.56 Å². The average molecular weight is 384 g/mol. The molecule has 0 aliphatic heterocycles. The number of hydrogen-bond donors (Lipinski definition) is 0. The van der Waals surface area contributed by atoms with E-state index in [9.17, 15) is 14.4 Å². The molecule has 140 valence electrons. The number of ether oxygens (including phenoxy) is 1. The van der Waals surface area contributed by atoms with Gasteiger partial charge in [0.15, 0.2) is 12.4 Å². The van der Waals surface area contributed by atoms with E-state index in [0.717, 1.165) is 5.56 Å². The third-order valence-electron chi connectivity index (χ3n) is 4.27. The van der Waals surface area contributed by atoms with E-state index in [4.69, 9.17) is 4.74 Å². The van der Waals surface area contributed by atoms with Crippen LogP contribution in [0.25, 0.3) is 10.2 Å². The molecule has 0 radical (unpaired) electrons. The van der Waals surface area contributed by atoms with Crippen molar-refractivity contribution < 1.29 is 14.3 Å². The van der Waals surface area contributed by atoms with Crippen LogP contribution in [0.15, 0.2) is 46.8 Å². The molecule has 3 rings (SSSR count). The molecule has 2 heterocycles. The summed E-state index contributed by atoms with van der Waals surface area (Å²) in [6.07, 6.45) is 1.42. The molecule has 0 fully saturated rings. The fourth-order valence-corrected chi connectivity index (χ4v) is 3.34. The Balaban J connectivity index is 1.52. The van der Waals surface area contributed by atoms with Gasteiger partial charge in [0.05, 0.1) is 18.1 Å². The minimum absolute atomic E-state index is 0.00318. The fourth-order valence-electron chi connectivity index (χ4n) is 2.62. The predicted molar refractivity (Wildman–Crippen MR) is 104 cm³/mol. The Kier molecular flexibility index (Phi) is 5.81. The molecule has 0 aliphatic rings. The maximum absolute atomic E-state index is 12.3. The summed E-state index contributed by atoms with van der Waals surface area (Å²) in [5.41, 5.74) is 1.47. The lowest BCUT2D eigenvalue weighted by Gasteiger charge is -2.08. The number of aromatic nitrogens is 2. The highest BCUT2D eigenvalue weighted by molar-refractivity contribution is 7.16. The molecule has 0 amide bonds. The van der Waals surface area contributed by atoms with Crippen LogP contribution in [0.5, 0.6) is 0 Å². The number of benzene rings is 1. The molecule has 6 nitrogen and oxygen atoms in total. The molecule has 27 heavy (non-hydrogen) atoms. The van der Waals surface area contributed by atoms with Gasteiger partial charge in [0.1, 0.15) is 4.83 Å². The van der Waals surface area contributed by atoms with Crippen molar-refractivity contribution in [1.29, 1.82) is 0 Å². The van der Waals surface area contributed by atoms with Crippen molar-refractivity contribution in [2.75, 3.05) is 6.61 Å². The summed E-state index contributed by atoms with van der Waals surface area (Å²) < 4.78 is 6.43. The zero-order chi connectivity index (χ0) is 19.4. The van der Waals surface area contributed by atoms with Crippen molar-refractivity contribution in [3.05, 3.63) is 63.5 Å². The quantitative estimate of drug-likeness (QED) is 0.461. The Morgan fingerprint density at radius 2 is 1.93 bits per heavy atom. The Hall–Kier alpha value is -2.80. The minimum Gasteiger partial charge on any atom is -0.457 e. The van der Waals surface area contributed by atoms with Gasteiger partial charge in [-0.3, -0.25) is 19.0 Å². The number of carbonyl (C=O) groups excluding carboxylic acids is 2. The fraction of sp³-hybridized carbons (Fsp3) is 0.300. The number of ketones is 1. The number of fused-ring (bicyclic) bond motifs is 1. The highest BCUT2D eigenvalue weighted by Crippen LogP contribution is 2.15. The number of hydrogen-bond acceptors (Lipinski definition) is 6. The maximum atomic E-state index is 12.3. The summed E-state index contributed by atoms with van der Waals surface area (Å²) in [7, 11) is 0. The maximum Gasteiger partial charge on any atom is 0.308 e. The van der Waals surface area contributed by atoms with Gasteiger partial charge in [0.25, 0.3) is 5.56 Å². The number of carbonyl (C=O) groups is 2. The van der Waals surface area contributed by atoms with Crippen molar-refractivity contribution in [3.8, 4) is 0 Å². The molecule has 0 N–H and O–H groups in total. The molecule has 0 saturated carbocycles. The Morgan fingerprint density at radius 1 is 1.19 bits per heavy atom. The Labute approximate surface area is 160 Å². The van der Waals surface area contributed by atoms with Gasteiger partial charge < -0.3 is 4.74 Å². The zero-order valence-electron chi connectivity index (χ0n) is 15.2. The smallest absolute Gasteiger partial charge is 0.308 e. The molecular formula is C20H20N2O4S. The lowest BCUT2D eigenvalue weighted by atomic mass is 10.0. The van der Waals surface area contributed by atoms with Crippen LogP contribution in [0, 0.1) is 0 Å². The number of aryl methyl sites for hydroxylation is 1. The van der Waals surface area contributed by atoms with Crippen molar-refractivity contribution in [1.82, 2.24) is 9.55 Å². The van der Waals surface area contributed by atoms with E-state index in [1.807, 2.05) is 12.1 Å². The van der Waals surface area contributed by atoms with Gasteiger partial charge in [0.2, 0.25) is 0 Å². The summed E-state index contributed by atoms with van der Waals surface area (Å²) in [6, 6.07) is 9.01. The molecule has 7 heteroatoms. The lowest BCUT2D eigenvalue weighted by Crippen LogP contribution is -2.22. The predicted octanol–water partition coefficient (Wildman–Crippen LogP) is 3.40. The summed E-state index contributed by atoms with van der Waals surface area (Å²) in [5.74, 6) is -0.394. The van der Waals surface area contributed by atoms with Gasteiger partial charge in [0, 0.05) is 12.1 Å². The second kappa shape index (κ2) is 8.26. The summed E-state index contributed by atoms with van der Waals surface area (Å²) in [5, 5.41) is 2.34.